The van der Waals surface area contributed by atoms with E-state index in [4.69, 9.17) is 16.6 Å². The van der Waals surface area contributed by atoms with Crippen LogP contribution in [0.1, 0.15) is 37.7 Å². The van der Waals surface area contributed by atoms with Crippen LogP contribution in [-0.4, -0.2) is 11.6 Å². The van der Waals surface area contributed by atoms with Gasteiger partial charge in [0.05, 0.1) is 12.8 Å². The molecule has 3 rings (SSSR count). The van der Waals surface area contributed by atoms with E-state index in [1.54, 1.807) is 35.4 Å². The Kier molecular flexibility index (Phi) is 7.25. The second-order valence-corrected chi connectivity index (χ2v) is 8.49. The third-order valence-electron chi connectivity index (χ3n) is 4.73. The predicted molar refractivity (Wildman–Crippen MR) is 120 cm³/mol. The summed E-state index contributed by atoms with van der Waals surface area (Å²) >= 11 is 5.54. The SMILES string of the molecule is CC(C)(C)c1cc[n+](/C(C(=S)NCc2ccco2)=C(/[O-])c2ccc(OC(F)F)cc2)cc1. The van der Waals surface area contributed by atoms with Crippen molar-refractivity contribution in [3.05, 3.63) is 84.1 Å². The molecule has 2 heterocycles. The number of alkyl halides is 2. The van der Waals surface area contributed by atoms with Crippen LogP contribution in [0.3, 0.4) is 0 Å². The van der Waals surface area contributed by atoms with Gasteiger partial charge in [0.15, 0.2) is 17.4 Å². The molecule has 5 nitrogen and oxygen atoms in total. The minimum atomic E-state index is -2.94. The van der Waals surface area contributed by atoms with E-state index in [1.807, 2.05) is 12.1 Å². The lowest BCUT2D eigenvalue weighted by Gasteiger charge is -2.19. The summed E-state index contributed by atoms with van der Waals surface area (Å²) < 4.78 is 36.2. The molecule has 32 heavy (non-hydrogen) atoms. The molecule has 0 spiro atoms. The molecule has 2 aromatic heterocycles. The summed E-state index contributed by atoms with van der Waals surface area (Å²) in [7, 11) is 0. The van der Waals surface area contributed by atoms with E-state index < -0.39 is 6.61 Å². The minimum Gasteiger partial charge on any atom is -0.867 e. The van der Waals surface area contributed by atoms with Gasteiger partial charge in [-0.3, -0.25) is 0 Å². The number of aromatic nitrogens is 1. The van der Waals surface area contributed by atoms with Gasteiger partial charge in [0.1, 0.15) is 11.5 Å². The first-order valence-electron chi connectivity index (χ1n) is 9.94. The highest BCUT2D eigenvalue weighted by atomic mass is 32.1. The molecule has 0 aliphatic carbocycles. The molecule has 1 N–H and O–H groups in total. The van der Waals surface area contributed by atoms with Crippen molar-refractivity contribution in [2.24, 2.45) is 0 Å². The number of hydrogen-bond donors (Lipinski definition) is 1. The average molecular weight is 459 g/mol. The molecular weight excluding hydrogens is 434 g/mol. The van der Waals surface area contributed by atoms with Crippen LogP contribution in [0.5, 0.6) is 5.75 Å². The standard InChI is InChI=1S/C24H24F2N2O3S/c1-24(2,3)17-10-12-28(13-11-17)20(22(32)27-15-19-5-4-14-30-19)21(29)16-6-8-18(9-7-16)31-23(25)26/h4-14,23H,15H2,1-3H3,(H-,27,29,32). The summed E-state index contributed by atoms with van der Waals surface area (Å²) in [5, 5.41) is 16.4. The van der Waals surface area contributed by atoms with Gasteiger partial charge in [0.2, 0.25) is 5.70 Å². The number of nitrogens with zero attached hydrogens (tertiary/aromatic N) is 1. The fraction of sp³-hybridized carbons (Fsp3) is 0.250. The Morgan fingerprint density at radius 2 is 1.78 bits per heavy atom. The summed E-state index contributed by atoms with van der Waals surface area (Å²) in [5.41, 5.74) is 1.57. The van der Waals surface area contributed by atoms with Gasteiger partial charge in [-0.15, -0.1) is 0 Å². The maximum atomic E-state index is 13.4. The second-order valence-electron chi connectivity index (χ2n) is 8.09. The number of pyridine rings is 1. The number of furan rings is 1. The van der Waals surface area contributed by atoms with Gasteiger partial charge in [-0.25, -0.2) is 0 Å². The van der Waals surface area contributed by atoms with Gasteiger partial charge in [-0.1, -0.05) is 45.1 Å². The van der Waals surface area contributed by atoms with Crippen LogP contribution >= 0.6 is 12.2 Å². The van der Waals surface area contributed by atoms with E-state index in [1.165, 1.54) is 24.3 Å². The number of thiocarbonyl (C=S) groups is 1. The van der Waals surface area contributed by atoms with Gasteiger partial charge >= 0.3 is 6.61 Å². The highest BCUT2D eigenvalue weighted by Crippen LogP contribution is 2.22. The molecule has 8 heteroatoms. The van der Waals surface area contributed by atoms with Crippen molar-refractivity contribution in [3.63, 3.8) is 0 Å². The number of hydrogen-bond acceptors (Lipinski definition) is 4. The Morgan fingerprint density at radius 1 is 1.12 bits per heavy atom. The zero-order valence-corrected chi connectivity index (χ0v) is 18.8. The normalized spacial score (nSPS) is 12.4. The Morgan fingerprint density at radius 3 is 2.31 bits per heavy atom. The fourth-order valence-electron chi connectivity index (χ4n) is 3.00. The number of rotatable bonds is 7. The largest absolute Gasteiger partial charge is 0.867 e. The van der Waals surface area contributed by atoms with Crippen LogP contribution in [0, 0.1) is 0 Å². The summed E-state index contributed by atoms with van der Waals surface area (Å²) in [4.78, 5) is 0.229. The molecular formula is C24H24F2N2O3S. The van der Waals surface area contributed by atoms with Gasteiger partial charge < -0.3 is 19.6 Å². The number of ether oxygens (including phenoxy) is 1. The van der Waals surface area contributed by atoms with Crippen molar-refractivity contribution < 1.29 is 27.6 Å². The highest BCUT2D eigenvalue weighted by Gasteiger charge is 2.21. The Hall–Kier alpha value is -3.26. The molecule has 0 unspecified atom stereocenters. The smallest absolute Gasteiger partial charge is 0.387 e. The van der Waals surface area contributed by atoms with E-state index >= 15 is 0 Å². The van der Waals surface area contributed by atoms with E-state index in [0.29, 0.717) is 12.3 Å². The maximum Gasteiger partial charge on any atom is 0.387 e. The van der Waals surface area contributed by atoms with E-state index in [0.717, 1.165) is 5.56 Å². The van der Waals surface area contributed by atoms with Crippen molar-refractivity contribution >= 4 is 28.7 Å². The molecule has 0 radical (unpaired) electrons. The zero-order chi connectivity index (χ0) is 23.3. The Labute approximate surface area is 191 Å². The van der Waals surface area contributed by atoms with E-state index in [2.05, 4.69) is 30.8 Å². The topological polar surface area (TPSA) is 61.3 Å². The minimum absolute atomic E-state index is 0.0289. The van der Waals surface area contributed by atoms with Crippen molar-refractivity contribution in [1.29, 1.82) is 0 Å². The Balaban J connectivity index is 1.97. The van der Waals surface area contributed by atoms with Crippen molar-refractivity contribution in [2.45, 2.75) is 39.3 Å². The number of halogens is 2. The molecule has 0 atom stereocenters. The third kappa shape index (κ3) is 5.91. The van der Waals surface area contributed by atoms with Gasteiger partial charge in [-0.2, -0.15) is 13.3 Å². The van der Waals surface area contributed by atoms with Crippen LogP contribution in [-0.2, 0) is 12.0 Å². The first-order valence-corrected chi connectivity index (χ1v) is 10.4. The molecule has 168 valence electrons. The molecule has 0 saturated carbocycles. The third-order valence-corrected chi connectivity index (χ3v) is 5.07. The number of benzene rings is 1. The Bertz CT molecular complexity index is 1070. The van der Waals surface area contributed by atoms with Crippen LogP contribution < -0.4 is 19.7 Å². The van der Waals surface area contributed by atoms with Crippen LogP contribution in [0.15, 0.2) is 71.6 Å². The highest BCUT2D eigenvalue weighted by molar-refractivity contribution is 7.81. The maximum absolute atomic E-state index is 13.4. The lowest BCUT2D eigenvalue weighted by Crippen LogP contribution is -2.42. The molecule has 1 aromatic carbocycles. The first-order chi connectivity index (χ1) is 15.1. The number of nitrogens with one attached hydrogen (secondary N) is 1. The molecule has 3 aromatic rings. The monoisotopic (exact) mass is 458 g/mol. The molecule has 0 bridgehead atoms. The van der Waals surface area contributed by atoms with Crippen LogP contribution in [0.25, 0.3) is 11.5 Å². The fourth-order valence-corrected chi connectivity index (χ4v) is 3.27. The lowest BCUT2D eigenvalue weighted by molar-refractivity contribution is -0.578. The van der Waals surface area contributed by atoms with E-state index in [-0.39, 0.29) is 33.2 Å². The molecule has 0 saturated heterocycles. The van der Waals surface area contributed by atoms with Crippen molar-refractivity contribution in [3.8, 4) is 5.75 Å². The van der Waals surface area contributed by atoms with Gasteiger partial charge in [0, 0.05) is 12.1 Å². The summed E-state index contributed by atoms with van der Waals surface area (Å²) in [6.07, 6.45) is 5.12. The first kappa shape index (κ1) is 23.4. The van der Waals surface area contributed by atoms with Crippen molar-refractivity contribution in [1.82, 2.24) is 5.32 Å². The molecule has 0 amide bonds. The zero-order valence-electron chi connectivity index (χ0n) is 18.0. The molecule has 0 aliphatic heterocycles. The second kappa shape index (κ2) is 9.91. The van der Waals surface area contributed by atoms with Crippen molar-refractivity contribution in [2.75, 3.05) is 0 Å². The van der Waals surface area contributed by atoms with E-state index in [9.17, 15) is 13.9 Å². The summed E-state index contributed by atoms with van der Waals surface area (Å²) in [6.45, 7) is 3.67. The predicted octanol–water partition coefficient (Wildman–Crippen LogP) is 4.27. The van der Waals surface area contributed by atoms with Crippen LogP contribution in [0.4, 0.5) is 8.78 Å². The van der Waals surface area contributed by atoms with Gasteiger partial charge in [-0.05, 0) is 46.6 Å². The quantitative estimate of drug-likeness (QED) is 0.248. The van der Waals surface area contributed by atoms with Gasteiger partial charge in [0.25, 0.3) is 0 Å². The average Bonchev–Trinajstić information content (AvgIpc) is 3.26. The summed E-state index contributed by atoms with van der Waals surface area (Å²) in [6, 6.07) is 12.9. The van der Waals surface area contributed by atoms with Crippen LogP contribution in [0.2, 0.25) is 0 Å². The molecule has 0 fully saturated rings. The summed E-state index contributed by atoms with van der Waals surface area (Å²) in [5.74, 6) is 0.276. The lowest BCUT2D eigenvalue weighted by atomic mass is 9.88. The molecule has 0 aliphatic rings.